The van der Waals surface area contributed by atoms with Crippen molar-refractivity contribution in [3.05, 3.63) is 70.9 Å². The van der Waals surface area contributed by atoms with Crippen LogP contribution in [0.15, 0.2) is 48.5 Å². The molecule has 0 fully saturated rings. The molecule has 0 radical (unpaired) electrons. The second kappa shape index (κ2) is 7.72. The predicted octanol–water partition coefficient (Wildman–Crippen LogP) is 2.51. The van der Waals surface area contributed by atoms with Crippen molar-refractivity contribution in [1.29, 1.82) is 0 Å². The Kier molecular flexibility index (Phi) is 5.52. The summed E-state index contributed by atoms with van der Waals surface area (Å²) in [5.74, 6) is -0.807. The lowest BCUT2D eigenvalue weighted by atomic mass is 9.90. The van der Waals surface area contributed by atoms with Gasteiger partial charge >= 0.3 is 16.4 Å². The van der Waals surface area contributed by atoms with Crippen molar-refractivity contribution >= 4 is 27.3 Å². The Labute approximate surface area is 161 Å². The van der Waals surface area contributed by atoms with Crippen LogP contribution in [-0.2, 0) is 21.6 Å². The fourth-order valence-electron chi connectivity index (χ4n) is 3.51. The molecule has 1 aromatic heterocycles. The molecule has 2 heterocycles. The molecule has 0 bridgehead atoms. The van der Waals surface area contributed by atoms with Gasteiger partial charge in [-0.3, -0.25) is 19.2 Å². The molecule has 2 unspecified atom stereocenters. The number of aliphatic carboxylic acids is 1. The molecule has 5 N–H and O–H groups in total. The van der Waals surface area contributed by atoms with E-state index in [4.69, 9.17) is 17.5 Å². The highest BCUT2D eigenvalue weighted by Crippen LogP contribution is 2.35. The number of nitrogens with one attached hydrogen (secondary N) is 2. The fourth-order valence-corrected chi connectivity index (χ4v) is 3.51. The topological polar surface area (TPSA) is 140 Å². The summed E-state index contributed by atoms with van der Waals surface area (Å²) in [6, 6.07) is 15.6. The predicted molar refractivity (Wildman–Crippen MR) is 104 cm³/mol. The highest BCUT2D eigenvalue weighted by molar-refractivity contribution is 7.79. The van der Waals surface area contributed by atoms with Gasteiger partial charge in [0.2, 0.25) is 0 Å². The highest BCUT2D eigenvalue weighted by atomic mass is 32.3. The summed E-state index contributed by atoms with van der Waals surface area (Å²) in [5, 5.41) is 13.9. The molecule has 0 aliphatic carbocycles. The van der Waals surface area contributed by atoms with Gasteiger partial charge in [0.1, 0.15) is 6.04 Å². The number of hydrogen-bond donors (Lipinski definition) is 5. The first kappa shape index (κ1) is 20.0. The van der Waals surface area contributed by atoms with Gasteiger partial charge < -0.3 is 10.1 Å². The number of rotatable bonds is 2. The van der Waals surface area contributed by atoms with Gasteiger partial charge in [0, 0.05) is 23.0 Å². The van der Waals surface area contributed by atoms with Crippen LogP contribution >= 0.6 is 0 Å². The zero-order valence-corrected chi connectivity index (χ0v) is 15.8. The van der Waals surface area contributed by atoms with Gasteiger partial charge in [-0.05, 0) is 24.1 Å². The van der Waals surface area contributed by atoms with Crippen LogP contribution in [-0.4, -0.2) is 39.6 Å². The molecule has 9 heteroatoms. The molecule has 8 nitrogen and oxygen atoms in total. The van der Waals surface area contributed by atoms with Crippen LogP contribution in [0.4, 0.5) is 0 Å². The molecular weight excluding hydrogens is 384 g/mol. The lowest BCUT2D eigenvalue weighted by Crippen LogP contribution is -2.44. The van der Waals surface area contributed by atoms with E-state index in [-0.39, 0.29) is 6.04 Å². The maximum Gasteiger partial charge on any atom is 0.394 e. The van der Waals surface area contributed by atoms with Gasteiger partial charge in [-0.25, -0.2) is 0 Å². The monoisotopic (exact) mass is 404 g/mol. The van der Waals surface area contributed by atoms with Gasteiger partial charge in [-0.1, -0.05) is 48.0 Å². The van der Waals surface area contributed by atoms with Gasteiger partial charge in [0.15, 0.2) is 0 Å². The van der Waals surface area contributed by atoms with Crippen molar-refractivity contribution in [3.8, 4) is 0 Å². The first-order valence-corrected chi connectivity index (χ1v) is 9.88. The van der Waals surface area contributed by atoms with E-state index in [1.54, 1.807) is 0 Å². The fraction of sp³-hybridized carbons (Fsp3) is 0.211. The van der Waals surface area contributed by atoms with Crippen LogP contribution in [0.1, 0.15) is 28.4 Å². The SMILES string of the molecule is Cc1cccc(C2NC(C(=O)O)Cc3c2[nH]c2ccccc32)c1.O=S(=O)(O)O. The Morgan fingerprint density at radius 1 is 1.11 bits per heavy atom. The number of hydrogen-bond acceptors (Lipinski definition) is 4. The minimum Gasteiger partial charge on any atom is -0.480 e. The van der Waals surface area contributed by atoms with Gasteiger partial charge in [-0.15, -0.1) is 0 Å². The number of aryl methyl sites for hydroxylation is 1. The third-order valence-electron chi connectivity index (χ3n) is 4.58. The van der Waals surface area contributed by atoms with Crippen LogP contribution in [0, 0.1) is 6.92 Å². The lowest BCUT2D eigenvalue weighted by molar-refractivity contribution is -0.139. The van der Waals surface area contributed by atoms with E-state index in [2.05, 4.69) is 22.4 Å². The molecule has 148 valence electrons. The molecule has 3 aromatic rings. The third-order valence-corrected chi connectivity index (χ3v) is 4.58. The first-order valence-electron chi connectivity index (χ1n) is 8.48. The van der Waals surface area contributed by atoms with Crippen molar-refractivity contribution in [3.63, 3.8) is 0 Å². The Bertz CT molecular complexity index is 1110. The zero-order chi connectivity index (χ0) is 20.5. The molecule has 1 aliphatic heterocycles. The van der Waals surface area contributed by atoms with Crippen molar-refractivity contribution in [2.24, 2.45) is 0 Å². The summed E-state index contributed by atoms with van der Waals surface area (Å²) in [5.41, 5.74) is 5.50. The lowest BCUT2D eigenvalue weighted by Gasteiger charge is -2.29. The first-order chi connectivity index (χ1) is 13.1. The molecule has 28 heavy (non-hydrogen) atoms. The summed E-state index contributed by atoms with van der Waals surface area (Å²) < 4.78 is 31.6. The molecule has 0 spiro atoms. The second-order valence-corrected chi connectivity index (χ2v) is 7.52. The average Bonchev–Trinajstić information content (AvgIpc) is 2.98. The van der Waals surface area contributed by atoms with Crippen LogP contribution in [0.3, 0.4) is 0 Å². The Hall–Kier alpha value is -2.72. The summed E-state index contributed by atoms with van der Waals surface area (Å²) in [6.45, 7) is 2.05. The average molecular weight is 404 g/mol. The number of aromatic nitrogens is 1. The van der Waals surface area contributed by atoms with Gasteiger partial charge in [0.25, 0.3) is 0 Å². The van der Waals surface area contributed by atoms with E-state index in [1.807, 2.05) is 43.3 Å². The summed E-state index contributed by atoms with van der Waals surface area (Å²) >= 11 is 0. The molecular formula is C19H20N2O6S. The Morgan fingerprint density at radius 2 is 1.79 bits per heavy atom. The van der Waals surface area contributed by atoms with Crippen LogP contribution in [0.5, 0.6) is 0 Å². The summed E-state index contributed by atoms with van der Waals surface area (Å²) in [6.07, 6.45) is 0.497. The van der Waals surface area contributed by atoms with Crippen molar-refractivity contribution in [2.75, 3.05) is 0 Å². The minimum atomic E-state index is -4.67. The number of H-pyrrole nitrogens is 1. The number of fused-ring (bicyclic) bond motifs is 3. The van der Waals surface area contributed by atoms with E-state index in [9.17, 15) is 9.90 Å². The quantitative estimate of drug-likeness (QED) is 0.413. The van der Waals surface area contributed by atoms with E-state index in [0.29, 0.717) is 6.42 Å². The second-order valence-electron chi connectivity index (χ2n) is 6.62. The van der Waals surface area contributed by atoms with Crippen molar-refractivity contribution < 1.29 is 27.4 Å². The third kappa shape index (κ3) is 4.57. The smallest absolute Gasteiger partial charge is 0.394 e. The Morgan fingerprint density at radius 3 is 2.43 bits per heavy atom. The normalized spacial score (nSPS) is 18.8. The molecule has 0 saturated carbocycles. The van der Waals surface area contributed by atoms with E-state index in [0.717, 1.165) is 27.7 Å². The maximum atomic E-state index is 11.6. The van der Waals surface area contributed by atoms with E-state index < -0.39 is 22.4 Å². The standard InChI is InChI=1S/C19H18N2O2.H2O4S/c1-11-5-4-6-12(9-11)17-18-14(10-16(21-17)19(22)23)13-7-2-3-8-15(13)20-18;1-5(2,3)4/h2-9,16-17,20-21H,10H2,1H3,(H,22,23);(H2,1,2,3,4). The van der Waals surface area contributed by atoms with E-state index in [1.165, 1.54) is 5.56 Å². The highest BCUT2D eigenvalue weighted by Gasteiger charge is 2.33. The van der Waals surface area contributed by atoms with Crippen LogP contribution in [0.2, 0.25) is 0 Å². The van der Waals surface area contributed by atoms with Crippen LogP contribution in [0.25, 0.3) is 10.9 Å². The largest absolute Gasteiger partial charge is 0.480 e. The zero-order valence-electron chi connectivity index (χ0n) is 15.0. The molecule has 0 saturated heterocycles. The molecule has 2 atom stereocenters. The number of aromatic amines is 1. The number of carboxylic acid groups (broad SMARTS) is 1. The molecule has 1 aliphatic rings. The van der Waals surface area contributed by atoms with Crippen molar-refractivity contribution in [1.82, 2.24) is 10.3 Å². The van der Waals surface area contributed by atoms with Crippen molar-refractivity contribution in [2.45, 2.75) is 25.4 Å². The minimum absolute atomic E-state index is 0.132. The number of carbonyl (C=O) groups is 1. The maximum absolute atomic E-state index is 11.6. The van der Waals surface area contributed by atoms with Gasteiger partial charge in [0.05, 0.1) is 6.04 Å². The van der Waals surface area contributed by atoms with E-state index >= 15 is 0 Å². The molecule has 2 aromatic carbocycles. The summed E-state index contributed by atoms with van der Waals surface area (Å²) in [4.78, 5) is 15.1. The van der Waals surface area contributed by atoms with Crippen LogP contribution < -0.4 is 5.32 Å². The molecule has 0 amide bonds. The number of benzene rings is 2. The number of para-hydroxylation sites is 1. The molecule has 4 rings (SSSR count). The summed E-state index contributed by atoms with van der Waals surface area (Å²) in [7, 11) is -4.67. The number of carboxylic acids is 1. The Balaban J connectivity index is 0.000000403. The van der Waals surface area contributed by atoms with Gasteiger partial charge in [-0.2, -0.15) is 8.42 Å².